The molecular weight excluding hydrogens is 200 g/mol. The Morgan fingerprint density at radius 3 is 2.81 bits per heavy atom. The maximum atomic E-state index is 5.95. The fraction of sp³-hybridized carbons (Fsp3) is 0.667. The van der Waals surface area contributed by atoms with Gasteiger partial charge < -0.3 is 11.1 Å². The van der Waals surface area contributed by atoms with Crippen molar-refractivity contribution in [3.63, 3.8) is 0 Å². The molecule has 3 N–H and O–H groups in total. The molecule has 2 rings (SSSR count). The molecule has 1 aromatic heterocycles. The van der Waals surface area contributed by atoms with E-state index in [0.717, 1.165) is 24.5 Å². The number of rotatable bonds is 3. The zero-order valence-electron chi connectivity index (χ0n) is 9.82. The predicted molar refractivity (Wildman–Crippen MR) is 65.2 cm³/mol. The Balaban J connectivity index is 1.80. The minimum atomic E-state index is 0.388. The third kappa shape index (κ3) is 3.17. The first kappa shape index (κ1) is 11.3. The summed E-state index contributed by atoms with van der Waals surface area (Å²) in [5.74, 6) is 1.40. The number of aromatic nitrogens is 2. The van der Waals surface area contributed by atoms with E-state index in [1.807, 2.05) is 19.3 Å². The lowest BCUT2D eigenvalue weighted by molar-refractivity contribution is 0.334. The van der Waals surface area contributed by atoms with E-state index in [4.69, 9.17) is 5.73 Å². The smallest absolute Gasteiger partial charge is 0.222 e. The van der Waals surface area contributed by atoms with Gasteiger partial charge in [-0.1, -0.05) is 6.42 Å². The molecule has 1 aliphatic carbocycles. The van der Waals surface area contributed by atoms with Gasteiger partial charge in [-0.15, -0.1) is 0 Å². The number of nitrogens with zero attached hydrogens (tertiary/aromatic N) is 2. The van der Waals surface area contributed by atoms with Crippen LogP contribution in [0.5, 0.6) is 0 Å². The van der Waals surface area contributed by atoms with Crippen LogP contribution in [0.4, 0.5) is 5.95 Å². The molecule has 0 saturated heterocycles. The molecule has 88 valence electrons. The summed E-state index contributed by atoms with van der Waals surface area (Å²) < 4.78 is 0. The number of hydrogen-bond donors (Lipinski definition) is 2. The highest BCUT2D eigenvalue weighted by atomic mass is 15.1. The van der Waals surface area contributed by atoms with Crippen molar-refractivity contribution in [3.8, 4) is 0 Å². The van der Waals surface area contributed by atoms with Gasteiger partial charge in [-0.3, -0.25) is 0 Å². The molecule has 0 amide bonds. The fourth-order valence-electron chi connectivity index (χ4n) is 2.24. The van der Waals surface area contributed by atoms with Gasteiger partial charge in [-0.2, -0.15) is 0 Å². The Hall–Kier alpha value is -1.16. The molecule has 0 bridgehead atoms. The van der Waals surface area contributed by atoms with Gasteiger partial charge in [0, 0.05) is 25.0 Å². The van der Waals surface area contributed by atoms with Gasteiger partial charge in [-0.25, -0.2) is 9.97 Å². The van der Waals surface area contributed by atoms with Gasteiger partial charge in [0.1, 0.15) is 0 Å². The molecule has 1 aliphatic rings. The summed E-state index contributed by atoms with van der Waals surface area (Å²) in [6, 6.07) is 0.388. The lowest BCUT2D eigenvalue weighted by atomic mass is 9.86. The minimum Gasteiger partial charge on any atom is -0.354 e. The van der Waals surface area contributed by atoms with Crippen LogP contribution in [-0.2, 0) is 0 Å². The van der Waals surface area contributed by atoms with E-state index in [0.29, 0.717) is 12.0 Å². The van der Waals surface area contributed by atoms with Crippen molar-refractivity contribution in [2.45, 2.75) is 38.6 Å². The Morgan fingerprint density at radius 2 is 2.12 bits per heavy atom. The standard InChI is InChI=1S/C12H20N4/c1-9-6-14-12(15-7-9)16-8-10-3-2-4-11(13)5-10/h6-7,10-11H,2-5,8,13H2,1H3,(H,14,15,16). The van der Waals surface area contributed by atoms with Gasteiger partial charge in [0.2, 0.25) is 5.95 Å². The molecule has 0 radical (unpaired) electrons. The van der Waals surface area contributed by atoms with Gasteiger partial charge >= 0.3 is 0 Å². The van der Waals surface area contributed by atoms with E-state index in [1.54, 1.807) is 0 Å². The van der Waals surface area contributed by atoms with E-state index >= 15 is 0 Å². The molecule has 1 aromatic rings. The molecule has 4 heteroatoms. The predicted octanol–water partition coefficient (Wildman–Crippen LogP) is 1.71. The SMILES string of the molecule is Cc1cnc(NCC2CCCC(N)C2)nc1. The van der Waals surface area contributed by atoms with Gasteiger partial charge in [-0.05, 0) is 37.7 Å². The highest BCUT2D eigenvalue weighted by Crippen LogP contribution is 2.22. The molecule has 1 saturated carbocycles. The normalized spacial score (nSPS) is 25.4. The van der Waals surface area contributed by atoms with Crippen LogP contribution in [0.1, 0.15) is 31.2 Å². The van der Waals surface area contributed by atoms with Crippen molar-refractivity contribution in [2.75, 3.05) is 11.9 Å². The Morgan fingerprint density at radius 1 is 1.38 bits per heavy atom. The van der Waals surface area contributed by atoms with Crippen LogP contribution in [0.25, 0.3) is 0 Å². The molecule has 0 aromatic carbocycles. The first-order valence-electron chi connectivity index (χ1n) is 6.02. The summed E-state index contributed by atoms with van der Waals surface area (Å²) >= 11 is 0. The lowest BCUT2D eigenvalue weighted by Crippen LogP contribution is -2.31. The zero-order valence-corrected chi connectivity index (χ0v) is 9.82. The molecule has 2 unspecified atom stereocenters. The topological polar surface area (TPSA) is 63.8 Å². The van der Waals surface area contributed by atoms with Crippen molar-refractivity contribution in [1.29, 1.82) is 0 Å². The molecule has 0 aliphatic heterocycles. The van der Waals surface area contributed by atoms with E-state index in [1.165, 1.54) is 19.3 Å². The molecule has 1 fully saturated rings. The second-order valence-corrected chi connectivity index (χ2v) is 4.76. The first-order valence-corrected chi connectivity index (χ1v) is 6.02. The monoisotopic (exact) mass is 220 g/mol. The van der Waals surface area contributed by atoms with Crippen molar-refractivity contribution in [2.24, 2.45) is 11.7 Å². The second kappa shape index (κ2) is 5.25. The third-order valence-electron chi connectivity index (χ3n) is 3.15. The molecule has 0 spiro atoms. The highest BCUT2D eigenvalue weighted by molar-refractivity contribution is 5.24. The van der Waals surface area contributed by atoms with E-state index in [-0.39, 0.29) is 0 Å². The van der Waals surface area contributed by atoms with Crippen LogP contribution < -0.4 is 11.1 Å². The van der Waals surface area contributed by atoms with Crippen LogP contribution in [0, 0.1) is 12.8 Å². The Labute approximate surface area is 96.7 Å². The van der Waals surface area contributed by atoms with Gasteiger partial charge in [0.25, 0.3) is 0 Å². The fourth-order valence-corrected chi connectivity index (χ4v) is 2.24. The largest absolute Gasteiger partial charge is 0.354 e. The van der Waals surface area contributed by atoms with E-state index in [2.05, 4.69) is 15.3 Å². The summed E-state index contributed by atoms with van der Waals surface area (Å²) in [5, 5.41) is 3.28. The average Bonchev–Trinajstić information content (AvgIpc) is 2.28. The average molecular weight is 220 g/mol. The van der Waals surface area contributed by atoms with E-state index < -0.39 is 0 Å². The Kier molecular flexibility index (Phi) is 3.72. The van der Waals surface area contributed by atoms with Crippen molar-refractivity contribution in [3.05, 3.63) is 18.0 Å². The Bertz CT molecular complexity index is 322. The first-order chi connectivity index (χ1) is 7.74. The third-order valence-corrected chi connectivity index (χ3v) is 3.15. The molecule has 1 heterocycles. The van der Waals surface area contributed by atoms with Crippen LogP contribution in [0.15, 0.2) is 12.4 Å². The maximum Gasteiger partial charge on any atom is 0.222 e. The summed E-state index contributed by atoms with van der Waals surface area (Å²) in [4.78, 5) is 8.46. The van der Waals surface area contributed by atoms with Crippen LogP contribution in [-0.4, -0.2) is 22.6 Å². The van der Waals surface area contributed by atoms with Crippen molar-refractivity contribution < 1.29 is 0 Å². The van der Waals surface area contributed by atoms with Crippen LogP contribution >= 0.6 is 0 Å². The second-order valence-electron chi connectivity index (χ2n) is 4.76. The molecule has 16 heavy (non-hydrogen) atoms. The van der Waals surface area contributed by atoms with Crippen molar-refractivity contribution in [1.82, 2.24) is 9.97 Å². The molecule has 2 atom stereocenters. The van der Waals surface area contributed by atoms with Crippen LogP contribution in [0.2, 0.25) is 0 Å². The minimum absolute atomic E-state index is 0.388. The summed E-state index contributed by atoms with van der Waals surface area (Å²) in [6.07, 6.45) is 8.50. The van der Waals surface area contributed by atoms with E-state index in [9.17, 15) is 0 Å². The number of nitrogens with two attached hydrogens (primary N) is 1. The molecule has 4 nitrogen and oxygen atoms in total. The number of nitrogens with one attached hydrogen (secondary N) is 1. The summed E-state index contributed by atoms with van der Waals surface area (Å²) in [7, 11) is 0. The summed E-state index contributed by atoms with van der Waals surface area (Å²) in [5.41, 5.74) is 7.04. The van der Waals surface area contributed by atoms with Gasteiger partial charge in [0.15, 0.2) is 0 Å². The number of anilines is 1. The van der Waals surface area contributed by atoms with Gasteiger partial charge in [0.05, 0.1) is 0 Å². The van der Waals surface area contributed by atoms with Crippen molar-refractivity contribution >= 4 is 5.95 Å². The quantitative estimate of drug-likeness (QED) is 0.814. The highest BCUT2D eigenvalue weighted by Gasteiger charge is 2.18. The lowest BCUT2D eigenvalue weighted by Gasteiger charge is -2.26. The number of aryl methyl sites for hydroxylation is 1. The number of hydrogen-bond acceptors (Lipinski definition) is 4. The maximum absolute atomic E-state index is 5.95. The van der Waals surface area contributed by atoms with Crippen LogP contribution in [0.3, 0.4) is 0 Å². The summed E-state index contributed by atoms with van der Waals surface area (Å²) in [6.45, 7) is 2.93. The zero-order chi connectivity index (χ0) is 11.4. The molecular formula is C12H20N4.